The van der Waals surface area contributed by atoms with Crippen LogP contribution in [0.5, 0.6) is 0 Å². The first-order chi connectivity index (χ1) is 51.2. The SMILES string of the molecule is C.NC1CCC(n2c(=O)cnc3ncc(F)cc32)CC1.O=Cc1cc2c(=O)oc3ccc(F)cc3c2[nH]1.O=c1oc2ccc(F)cc2c2[nH]c(CNC3CCC(n4c(=O)cnc5ncc(F)cc54)CC3)cc12.O=c1oc2ccc(F)cc2c2[nH]c(CNC3CCC(n4c(=O)cnc5ncc(F)cc54)CC3)cc12. The van der Waals surface area contributed by atoms with Gasteiger partial charge in [0.25, 0.3) is 16.7 Å². The number of aromatic nitrogens is 12. The van der Waals surface area contributed by atoms with Crippen LogP contribution >= 0.6 is 0 Å². The summed E-state index contributed by atoms with van der Waals surface area (Å²) in [4.78, 5) is 117. The average Bonchev–Trinajstić information content (AvgIpc) is 1.77. The molecule has 3 aliphatic carbocycles. The summed E-state index contributed by atoms with van der Waals surface area (Å²) in [6.45, 7) is 0.987. The zero-order valence-corrected chi connectivity index (χ0v) is 56.0. The van der Waals surface area contributed by atoms with E-state index in [0.29, 0.717) is 108 Å². The lowest BCUT2D eigenvalue weighted by Gasteiger charge is -2.30. The summed E-state index contributed by atoms with van der Waals surface area (Å²) in [6, 6.07) is 21.3. The highest BCUT2D eigenvalue weighted by atomic mass is 19.1. The van der Waals surface area contributed by atoms with Gasteiger partial charge >= 0.3 is 16.9 Å². The molecule has 0 unspecified atom stereocenters. The second kappa shape index (κ2) is 30.2. The average molecular weight is 1460 g/mol. The van der Waals surface area contributed by atoms with Gasteiger partial charge in [-0.2, -0.15) is 0 Å². The first kappa shape index (κ1) is 71.9. The molecular weight excluding hydrogens is 1400 g/mol. The van der Waals surface area contributed by atoms with Gasteiger partial charge in [0.15, 0.2) is 23.2 Å². The highest BCUT2D eigenvalue weighted by molar-refractivity contribution is 6.05. The fourth-order valence-corrected chi connectivity index (χ4v) is 14.8. The van der Waals surface area contributed by atoms with Crippen molar-refractivity contribution in [1.29, 1.82) is 0 Å². The maximum atomic E-state index is 13.8. The van der Waals surface area contributed by atoms with Crippen molar-refractivity contribution < 1.29 is 44.4 Å². The van der Waals surface area contributed by atoms with Crippen LogP contribution in [0.4, 0.5) is 26.3 Å². The van der Waals surface area contributed by atoms with E-state index in [9.17, 15) is 59.9 Å². The van der Waals surface area contributed by atoms with Crippen LogP contribution in [0, 0.1) is 34.9 Å². The number of hydrogen-bond acceptors (Lipinski definition) is 19. The maximum absolute atomic E-state index is 13.8. The molecule has 3 saturated carbocycles. The van der Waals surface area contributed by atoms with Crippen LogP contribution in [0.25, 0.3) is 99.1 Å². The molecule has 0 saturated heterocycles. The summed E-state index contributed by atoms with van der Waals surface area (Å²) in [5, 5.41) is 9.49. The van der Waals surface area contributed by atoms with Gasteiger partial charge in [0.05, 0.1) is 92.1 Å². The summed E-state index contributed by atoms with van der Waals surface area (Å²) >= 11 is 0. The van der Waals surface area contributed by atoms with Crippen LogP contribution in [-0.2, 0) is 13.1 Å². The van der Waals surface area contributed by atoms with Crippen molar-refractivity contribution in [2.45, 2.75) is 134 Å². The van der Waals surface area contributed by atoms with E-state index in [2.05, 4.69) is 55.5 Å². The summed E-state index contributed by atoms with van der Waals surface area (Å²) in [5.74, 6) is -2.71. The minimum atomic E-state index is -0.552. The van der Waals surface area contributed by atoms with Gasteiger partial charge in [-0.15, -0.1) is 0 Å². The van der Waals surface area contributed by atoms with E-state index in [1.165, 1.54) is 97.5 Å². The number of nitrogens with one attached hydrogen (secondary N) is 5. The third-order valence-corrected chi connectivity index (χ3v) is 19.8. The van der Waals surface area contributed by atoms with Crippen LogP contribution in [0.1, 0.15) is 124 Å². The Morgan fingerprint density at radius 3 is 1.07 bits per heavy atom. The molecule has 0 spiro atoms. The second-order valence-corrected chi connectivity index (χ2v) is 26.6. The standard InChI is InChI=1S/2C25H21F2N5O3.C13H15FN4O.C12H6FNO3.CH4/c2*26-13-1-6-21-18(7-13)23-19(25(34)35-21)9-16(31-23)11-28-15-2-4-17(5-3-15)32-20-8-14(27)10-29-24(20)30-12-22(32)33;14-8-5-11-13(16-6-8)17-7-12(19)18(11)10-3-1-9(15)2-4-10;13-6-1-2-10-8(3-6)11-9(12(16)17-10)4-7(5-15)14-11;/h2*1,6-10,12,15,17,28,31H,2-5,11H2;5-7,9-10H,1-4,15H2;1-5,14H;1H4. The molecule has 18 rings (SSSR count). The minimum Gasteiger partial charge on any atom is -0.422 e. The number of carbonyl (C=O) groups is 1. The molecule has 12 heterocycles. The summed E-state index contributed by atoms with van der Waals surface area (Å²) in [5.41, 5.74) is 10.4. The highest BCUT2D eigenvalue weighted by Gasteiger charge is 2.28. The fourth-order valence-electron chi connectivity index (χ4n) is 14.8. The first-order valence-electron chi connectivity index (χ1n) is 34.2. The Morgan fingerprint density at radius 1 is 0.402 bits per heavy atom. The number of H-pyrrole nitrogens is 3. The smallest absolute Gasteiger partial charge is 0.345 e. The number of hydrogen-bond donors (Lipinski definition) is 6. The van der Waals surface area contributed by atoms with Gasteiger partial charge in [-0.25, -0.2) is 70.6 Å². The van der Waals surface area contributed by atoms with E-state index in [-0.39, 0.29) is 77.0 Å². The first-order valence-corrected chi connectivity index (χ1v) is 34.2. The maximum Gasteiger partial charge on any atom is 0.345 e. The molecule has 15 aromatic rings. The predicted molar refractivity (Wildman–Crippen MR) is 388 cm³/mol. The number of pyridine rings is 3. The van der Waals surface area contributed by atoms with Crippen molar-refractivity contribution in [2.75, 3.05) is 0 Å². The van der Waals surface area contributed by atoms with Crippen LogP contribution in [0.15, 0.2) is 170 Å². The van der Waals surface area contributed by atoms with E-state index >= 15 is 0 Å². The largest absolute Gasteiger partial charge is 0.422 e. The second-order valence-electron chi connectivity index (χ2n) is 26.6. The van der Waals surface area contributed by atoms with Crippen molar-refractivity contribution in [3.8, 4) is 0 Å². The molecule has 0 bridgehead atoms. The topological polar surface area (TPSA) is 348 Å². The normalized spacial score (nSPS) is 18.1. The monoisotopic (exact) mass is 1460 g/mol. The molecule has 7 N–H and O–H groups in total. The van der Waals surface area contributed by atoms with Gasteiger partial charge in [-0.3, -0.25) is 19.2 Å². The van der Waals surface area contributed by atoms with Crippen molar-refractivity contribution >= 4 is 105 Å². The summed E-state index contributed by atoms with van der Waals surface area (Å²) in [6.07, 6.45) is 17.3. The van der Waals surface area contributed by atoms with Gasteiger partial charge in [-0.05, 0) is 150 Å². The van der Waals surface area contributed by atoms with Crippen molar-refractivity contribution in [3.63, 3.8) is 0 Å². The number of fused-ring (bicyclic) bond motifs is 12. The summed E-state index contributed by atoms with van der Waals surface area (Å²) < 4.78 is 102. The van der Waals surface area contributed by atoms with Gasteiger partial charge in [0, 0.05) is 95.1 Å². The third kappa shape index (κ3) is 14.9. The minimum absolute atomic E-state index is 0. The number of nitrogens with zero attached hydrogens (tertiary/aromatic N) is 9. The molecule has 0 radical (unpaired) electrons. The van der Waals surface area contributed by atoms with Crippen LogP contribution in [-0.4, -0.2) is 83.0 Å². The number of carbonyl (C=O) groups excluding carboxylic acids is 1. The number of nitrogens with two attached hydrogens (primary N) is 1. The molecule has 0 aliphatic heterocycles. The van der Waals surface area contributed by atoms with Crippen LogP contribution in [0.3, 0.4) is 0 Å². The number of rotatable bonds is 10. The van der Waals surface area contributed by atoms with E-state index in [1.54, 1.807) is 25.8 Å². The van der Waals surface area contributed by atoms with E-state index in [0.717, 1.165) is 107 Å². The number of halogens is 6. The third-order valence-electron chi connectivity index (χ3n) is 19.8. The van der Waals surface area contributed by atoms with Crippen molar-refractivity contribution in [2.24, 2.45) is 5.73 Å². The number of benzene rings is 3. The zero-order chi connectivity index (χ0) is 73.6. The lowest BCUT2D eigenvalue weighted by molar-refractivity contribution is 0.111. The molecule has 31 heteroatoms. The van der Waals surface area contributed by atoms with Crippen LogP contribution in [0.2, 0.25) is 0 Å². The Morgan fingerprint density at radius 2 is 0.720 bits per heavy atom. The molecule has 3 aromatic carbocycles. The van der Waals surface area contributed by atoms with E-state index < -0.39 is 51.8 Å². The summed E-state index contributed by atoms with van der Waals surface area (Å²) in [7, 11) is 0. The highest BCUT2D eigenvalue weighted by Crippen LogP contribution is 2.34. The lowest BCUT2D eigenvalue weighted by atomic mass is 9.90. The Bertz CT molecular complexity index is 6070. The lowest BCUT2D eigenvalue weighted by Crippen LogP contribution is -2.36. The van der Waals surface area contributed by atoms with Gasteiger partial charge in [-0.1, -0.05) is 7.43 Å². The molecule has 25 nitrogen and oxygen atoms in total. The fraction of sp³-hybridized carbons (Fsp3) is 0.276. The van der Waals surface area contributed by atoms with Gasteiger partial charge in [0.2, 0.25) is 0 Å². The Labute approximate surface area is 598 Å². The van der Waals surface area contributed by atoms with E-state index in [4.69, 9.17) is 19.0 Å². The Balaban J connectivity index is 0.000000125. The Kier molecular flexibility index (Phi) is 20.3. The molecule has 12 aromatic heterocycles. The van der Waals surface area contributed by atoms with Gasteiger partial charge in [0.1, 0.15) is 51.7 Å². The zero-order valence-electron chi connectivity index (χ0n) is 56.0. The van der Waals surface area contributed by atoms with Crippen molar-refractivity contribution in [1.82, 2.24) is 69.2 Å². The van der Waals surface area contributed by atoms with E-state index in [1.807, 2.05) is 0 Å². The molecule has 548 valence electrons. The molecular formula is C76H67F6N15O10. The van der Waals surface area contributed by atoms with Crippen LogP contribution < -0.4 is 49.9 Å². The molecule has 0 atom stereocenters. The van der Waals surface area contributed by atoms with Gasteiger partial charge < -0.3 is 58.3 Å². The quantitative estimate of drug-likeness (QED) is 0.0421. The number of aldehydes is 1. The van der Waals surface area contributed by atoms with Crippen molar-refractivity contribution in [3.05, 3.63) is 242 Å². The molecule has 0 amide bonds. The molecule has 107 heavy (non-hydrogen) atoms. The Hall–Kier alpha value is -12.1. The molecule has 3 fully saturated rings. The number of aromatic amines is 3. The predicted octanol–water partition coefficient (Wildman–Crippen LogP) is 12.1. The molecule has 3 aliphatic rings.